The Morgan fingerprint density at radius 3 is 2.69 bits per heavy atom. The standard InChI is InChI=1S/C10H13FN2/c1-8-5-4-6-9(10(8)11)12-7-13(2)3/h4-7H,1-3H3. The second-order valence-corrected chi connectivity index (χ2v) is 3.12. The van der Waals surface area contributed by atoms with Crippen molar-refractivity contribution in [1.82, 2.24) is 4.90 Å². The summed E-state index contributed by atoms with van der Waals surface area (Å²) >= 11 is 0. The Hall–Kier alpha value is -1.38. The second kappa shape index (κ2) is 4.03. The van der Waals surface area contributed by atoms with E-state index < -0.39 is 0 Å². The number of aryl methyl sites for hydroxylation is 1. The Bertz CT molecular complexity index is 319. The van der Waals surface area contributed by atoms with Crippen LogP contribution >= 0.6 is 0 Å². The van der Waals surface area contributed by atoms with Gasteiger partial charge in [-0.1, -0.05) is 12.1 Å². The molecule has 0 heterocycles. The van der Waals surface area contributed by atoms with Crippen molar-refractivity contribution in [3.8, 4) is 0 Å². The first-order chi connectivity index (χ1) is 6.11. The maximum atomic E-state index is 13.3. The van der Waals surface area contributed by atoms with Crippen LogP contribution in [0.2, 0.25) is 0 Å². The molecule has 0 fully saturated rings. The maximum Gasteiger partial charge on any atom is 0.151 e. The molecule has 0 N–H and O–H groups in total. The number of benzene rings is 1. The van der Waals surface area contributed by atoms with Crippen molar-refractivity contribution in [2.24, 2.45) is 4.99 Å². The number of halogens is 1. The lowest BCUT2D eigenvalue weighted by Gasteiger charge is -2.03. The quantitative estimate of drug-likeness (QED) is 0.504. The maximum absolute atomic E-state index is 13.3. The van der Waals surface area contributed by atoms with Gasteiger partial charge in [-0.3, -0.25) is 0 Å². The summed E-state index contributed by atoms with van der Waals surface area (Å²) < 4.78 is 13.3. The highest BCUT2D eigenvalue weighted by Crippen LogP contribution is 2.19. The molecule has 0 aliphatic rings. The molecule has 70 valence electrons. The van der Waals surface area contributed by atoms with Crippen LogP contribution in [-0.4, -0.2) is 25.3 Å². The zero-order valence-corrected chi connectivity index (χ0v) is 8.08. The number of hydrogen-bond donors (Lipinski definition) is 0. The average molecular weight is 180 g/mol. The Morgan fingerprint density at radius 1 is 1.38 bits per heavy atom. The van der Waals surface area contributed by atoms with Crippen LogP contribution in [0.1, 0.15) is 5.56 Å². The van der Waals surface area contributed by atoms with Gasteiger partial charge in [0.15, 0.2) is 5.82 Å². The van der Waals surface area contributed by atoms with E-state index in [1.165, 1.54) is 0 Å². The third kappa shape index (κ3) is 2.54. The summed E-state index contributed by atoms with van der Waals surface area (Å²) in [6.07, 6.45) is 1.58. The van der Waals surface area contributed by atoms with Gasteiger partial charge < -0.3 is 4.90 Å². The highest BCUT2D eigenvalue weighted by atomic mass is 19.1. The fraction of sp³-hybridized carbons (Fsp3) is 0.300. The summed E-state index contributed by atoms with van der Waals surface area (Å²) in [4.78, 5) is 5.76. The minimum Gasteiger partial charge on any atom is -0.369 e. The van der Waals surface area contributed by atoms with E-state index in [1.807, 2.05) is 14.1 Å². The second-order valence-electron chi connectivity index (χ2n) is 3.12. The van der Waals surface area contributed by atoms with Crippen LogP contribution in [0.3, 0.4) is 0 Å². The third-order valence-corrected chi connectivity index (χ3v) is 1.60. The van der Waals surface area contributed by atoms with Crippen LogP contribution in [0.5, 0.6) is 0 Å². The van der Waals surface area contributed by atoms with Gasteiger partial charge in [0.05, 0.1) is 6.34 Å². The molecule has 1 rings (SSSR count). The van der Waals surface area contributed by atoms with Crippen molar-refractivity contribution < 1.29 is 4.39 Å². The summed E-state index contributed by atoms with van der Waals surface area (Å²) in [5.74, 6) is -0.249. The van der Waals surface area contributed by atoms with Crippen LogP contribution in [-0.2, 0) is 0 Å². The van der Waals surface area contributed by atoms with Crippen molar-refractivity contribution >= 4 is 12.0 Å². The van der Waals surface area contributed by atoms with Crippen LogP contribution in [0, 0.1) is 12.7 Å². The Kier molecular flexibility index (Phi) is 3.01. The summed E-state index contributed by atoms with van der Waals surface area (Å²) in [6, 6.07) is 5.17. The average Bonchev–Trinajstić information content (AvgIpc) is 2.07. The van der Waals surface area contributed by atoms with Crippen LogP contribution in [0.15, 0.2) is 23.2 Å². The zero-order valence-electron chi connectivity index (χ0n) is 8.08. The molecule has 13 heavy (non-hydrogen) atoms. The minimum atomic E-state index is -0.249. The molecule has 0 bridgehead atoms. The molecule has 0 spiro atoms. The Balaban J connectivity index is 2.95. The van der Waals surface area contributed by atoms with Crippen molar-refractivity contribution in [2.75, 3.05) is 14.1 Å². The summed E-state index contributed by atoms with van der Waals surface area (Å²) in [5.41, 5.74) is 1.00. The van der Waals surface area contributed by atoms with E-state index in [4.69, 9.17) is 0 Å². The number of hydrogen-bond acceptors (Lipinski definition) is 1. The van der Waals surface area contributed by atoms with Gasteiger partial charge in [0, 0.05) is 14.1 Å². The first kappa shape index (κ1) is 9.71. The van der Waals surface area contributed by atoms with Crippen LogP contribution in [0.25, 0.3) is 0 Å². The van der Waals surface area contributed by atoms with Gasteiger partial charge >= 0.3 is 0 Å². The summed E-state index contributed by atoms with van der Waals surface area (Å²) in [6.45, 7) is 1.73. The monoisotopic (exact) mass is 180 g/mol. The molecule has 2 nitrogen and oxygen atoms in total. The molecule has 0 radical (unpaired) electrons. The SMILES string of the molecule is Cc1cccc(N=CN(C)C)c1F. The van der Waals surface area contributed by atoms with Crippen molar-refractivity contribution in [1.29, 1.82) is 0 Å². The number of rotatable bonds is 2. The van der Waals surface area contributed by atoms with Crippen molar-refractivity contribution in [2.45, 2.75) is 6.92 Å². The minimum absolute atomic E-state index is 0.249. The molecule has 1 aromatic rings. The predicted molar refractivity (Wildman–Crippen MR) is 53.0 cm³/mol. The number of aliphatic imine (C=N–C) groups is 1. The fourth-order valence-electron chi connectivity index (χ4n) is 0.909. The molecule has 0 unspecified atom stereocenters. The summed E-state index contributed by atoms with van der Waals surface area (Å²) in [5, 5.41) is 0. The van der Waals surface area contributed by atoms with Gasteiger partial charge in [0.1, 0.15) is 5.69 Å². The molecule has 0 aliphatic heterocycles. The molecule has 0 saturated carbocycles. The van der Waals surface area contributed by atoms with Gasteiger partial charge in [-0.05, 0) is 18.6 Å². The van der Waals surface area contributed by atoms with E-state index in [2.05, 4.69) is 4.99 Å². The normalized spacial score (nSPS) is 10.8. The lowest BCUT2D eigenvalue weighted by molar-refractivity contribution is 0.617. The molecular formula is C10H13FN2. The smallest absolute Gasteiger partial charge is 0.151 e. The Labute approximate surface area is 77.7 Å². The predicted octanol–water partition coefficient (Wildman–Crippen LogP) is 2.36. The van der Waals surface area contributed by atoms with Crippen molar-refractivity contribution in [3.63, 3.8) is 0 Å². The van der Waals surface area contributed by atoms with Gasteiger partial charge in [-0.15, -0.1) is 0 Å². The van der Waals surface area contributed by atoms with E-state index in [0.717, 1.165) is 0 Å². The summed E-state index contributed by atoms with van der Waals surface area (Å²) in [7, 11) is 3.69. The van der Waals surface area contributed by atoms with Gasteiger partial charge in [-0.25, -0.2) is 9.38 Å². The van der Waals surface area contributed by atoms with Gasteiger partial charge in [0.2, 0.25) is 0 Å². The third-order valence-electron chi connectivity index (χ3n) is 1.60. The molecule has 0 amide bonds. The molecule has 1 aromatic carbocycles. The molecule has 0 saturated heterocycles. The first-order valence-corrected chi connectivity index (χ1v) is 4.07. The lowest BCUT2D eigenvalue weighted by atomic mass is 10.2. The Morgan fingerprint density at radius 2 is 2.08 bits per heavy atom. The van der Waals surface area contributed by atoms with E-state index in [1.54, 1.807) is 36.4 Å². The topological polar surface area (TPSA) is 15.6 Å². The zero-order chi connectivity index (χ0) is 9.84. The van der Waals surface area contributed by atoms with Crippen LogP contribution in [0.4, 0.5) is 10.1 Å². The largest absolute Gasteiger partial charge is 0.369 e. The molecule has 3 heteroatoms. The highest BCUT2D eigenvalue weighted by Gasteiger charge is 2.01. The first-order valence-electron chi connectivity index (χ1n) is 4.07. The molecule has 0 aliphatic carbocycles. The lowest BCUT2D eigenvalue weighted by Crippen LogP contribution is -2.07. The van der Waals surface area contributed by atoms with Gasteiger partial charge in [0.25, 0.3) is 0 Å². The number of nitrogens with zero attached hydrogens (tertiary/aromatic N) is 2. The van der Waals surface area contributed by atoms with E-state index in [9.17, 15) is 4.39 Å². The highest BCUT2D eigenvalue weighted by molar-refractivity contribution is 5.61. The molecule has 0 aromatic heterocycles. The molecular weight excluding hydrogens is 167 g/mol. The van der Waals surface area contributed by atoms with E-state index >= 15 is 0 Å². The van der Waals surface area contributed by atoms with E-state index in [-0.39, 0.29) is 5.82 Å². The molecule has 0 atom stereocenters. The fourth-order valence-corrected chi connectivity index (χ4v) is 0.909. The van der Waals surface area contributed by atoms with Gasteiger partial charge in [-0.2, -0.15) is 0 Å². The van der Waals surface area contributed by atoms with E-state index in [0.29, 0.717) is 11.3 Å². The van der Waals surface area contributed by atoms with Crippen molar-refractivity contribution in [3.05, 3.63) is 29.6 Å². The van der Waals surface area contributed by atoms with Crippen LogP contribution < -0.4 is 0 Å².